The van der Waals surface area contributed by atoms with E-state index in [9.17, 15) is 23.7 Å². The van der Waals surface area contributed by atoms with E-state index in [0.717, 1.165) is 49.8 Å². The molecule has 6 nitrogen and oxygen atoms in total. The molecular weight excluding hydrogens is 400 g/mol. The molecule has 1 heterocycles. The van der Waals surface area contributed by atoms with E-state index in [0.29, 0.717) is 11.4 Å². The maximum Gasteiger partial charge on any atom is 0.284 e. The highest BCUT2D eigenvalue weighted by Crippen LogP contribution is 2.36. The number of nitrogens with one attached hydrogen (secondary N) is 1. The van der Waals surface area contributed by atoms with Crippen molar-refractivity contribution in [2.45, 2.75) is 35.6 Å². The van der Waals surface area contributed by atoms with E-state index in [1.54, 1.807) is 0 Å². The second-order valence-corrected chi connectivity index (χ2v) is 7.87. The van der Waals surface area contributed by atoms with E-state index < -0.39 is 16.6 Å². The van der Waals surface area contributed by atoms with Gasteiger partial charge in [0, 0.05) is 29.1 Å². The normalized spacial score (nSPS) is 16.7. The fraction of sp³-hybridized carbons (Fsp3) is 0.350. The molecule has 1 aliphatic rings. The molecular formula is C20H21F2N3O3S. The number of rotatable bonds is 7. The van der Waals surface area contributed by atoms with Crippen molar-refractivity contribution in [1.82, 2.24) is 10.2 Å². The van der Waals surface area contributed by atoms with Crippen molar-refractivity contribution in [3.63, 3.8) is 0 Å². The molecule has 0 saturated carbocycles. The van der Waals surface area contributed by atoms with Gasteiger partial charge in [-0.3, -0.25) is 19.8 Å². The molecule has 1 unspecified atom stereocenters. The number of hydrogen-bond donors (Lipinski definition) is 1. The van der Waals surface area contributed by atoms with E-state index in [1.807, 2.05) is 0 Å². The van der Waals surface area contributed by atoms with Crippen LogP contribution < -0.4 is 5.32 Å². The number of carbonyl (C=O) groups excluding carboxylic acids is 1. The van der Waals surface area contributed by atoms with Gasteiger partial charge in [-0.1, -0.05) is 18.7 Å². The Morgan fingerprint density at radius 1 is 1.28 bits per heavy atom. The van der Waals surface area contributed by atoms with Crippen LogP contribution in [0.5, 0.6) is 0 Å². The lowest BCUT2D eigenvalue weighted by Crippen LogP contribution is -2.40. The van der Waals surface area contributed by atoms with Gasteiger partial charge in [-0.2, -0.15) is 0 Å². The van der Waals surface area contributed by atoms with Crippen molar-refractivity contribution in [2.24, 2.45) is 0 Å². The summed E-state index contributed by atoms with van der Waals surface area (Å²) < 4.78 is 26.5. The Hall–Kier alpha value is -2.52. The van der Waals surface area contributed by atoms with Crippen molar-refractivity contribution in [3.05, 3.63) is 63.7 Å². The Balaban J connectivity index is 1.73. The minimum atomic E-state index is -1.03. The Labute approximate surface area is 171 Å². The first-order valence-electron chi connectivity index (χ1n) is 9.32. The zero-order valence-corrected chi connectivity index (χ0v) is 16.7. The highest BCUT2D eigenvalue weighted by atomic mass is 32.2. The molecule has 1 N–H and O–H groups in total. The number of nitro benzene ring substituents is 1. The number of nitrogens with zero attached hydrogens (tertiary/aromatic N) is 2. The lowest BCUT2D eigenvalue weighted by atomic mass is 10.1. The molecule has 1 aliphatic heterocycles. The minimum absolute atomic E-state index is 0.187. The number of carbonyl (C=O) groups is 1. The lowest BCUT2D eigenvalue weighted by Gasteiger charge is -2.22. The van der Waals surface area contributed by atoms with Gasteiger partial charge in [-0.05, 0) is 56.3 Å². The minimum Gasteiger partial charge on any atom is -0.350 e. The van der Waals surface area contributed by atoms with Gasteiger partial charge in [-0.15, -0.1) is 0 Å². The van der Waals surface area contributed by atoms with Crippen molar-refractivity contribution in [2.75, 3.05) is 19.6 Å². The van der Waals surface area contributed by atoms with Crippen LogP contribution in [0, 0.1) is 21.7 Å². The molecule has 2 aromatic rings. The SMILES string of the molecule is CCN1CCCC1CNC(=O)c1ccc(Sc2ccc(F)c(F)c2)c([N+](=O)[O-])c1. The summed E-state index contributed by atoms with van der Waals surface area (Å²) in [6.45, 7) is 4.50. The monoisotopic (exact) mass is 421 g/mol. The summed E-state index contributed by atoms with van der Waals surface area (Å²) >= 11 is 0.936. The summed E-state index contributed by atoms with van der Waals surface area (Å²) in [5.74, 6) is -2.39. The van der Waals surface area contributed by atoms with Gasteiger partial charge in [0.2, 0.25) is 0 Å². The Bertz CT molecular complexity index is 926. The summed E-state index contributed by atoms with van der Waals surface area (Å²) in [4.78, 5) is 26.2. The third-order valence-corrected chi connectivity index (χ3v) is 5.99. The fourth-order valence-electron chi connectivity index (χ4n) is 3.41. The van der Waals surface area contributed by atoms with Gasteiger partial charge in [0.25, 0.3) is 11.6 Å². The summed E-state index contributed by atoms with van der Waals surface area (Å²) in [6.07, 6.45) is 2.10. The number of likely N-dealkylation sites (tertiary alicyclic amines) is 1. The molecule has 0 aliphatic carbocycles. The Morgan fingerprint density at radius 3 is 2.76 bits per heavy atom. The first kappa shape index (κ1) is 21.2. The van der Waals surface area contributed by atoms with Crippen LogP contribution >= 0.6 is 11.8 Å². The third-order valence-electron chi connectivity index (χ3n) is 4.94. The average molecular weight is 421 g/mol. The summed E-state index contributed by atoms with van der Waals surface area (Å²) in [5.41, 5.74) is -0.0733. The van der Waals surface area contributed by atoms with Gasteiger partial charge in [0.1, 0.15) is 0 Å². The predicted molar refractivity (Wildman–Crippen MR) is 106 cm³/mol. The second-order valence-electron chi connectivity index (χ2n) is 6.75. The summed E-state index contributed by atoms with van der Waals surface area (Å²) in [7, 11) is 0. The van der Waals surface area contributed by atoms with Crippen LogP contribution in [-0.4, -0.2) is 41.4 Å². The predicted octanol–water partition coefficient (Wildman–Crippen LogP) is 4.24. The maximum absolute atomic E-state index is 13.4. The van der Waals surface area contributed by atoms with Gasteiger partial charge in [0.15, 0.2) is 11.6 Å². The summed E-state index contributed by atoms with van der Waals surface area (Å²) in [5, 5.41) is 14.3. The standard InChI is InChI=1S/C20H21F2N3O3S/c1-2-24-9-3-4-14(24)12-23-20(26)13-5-8-19(18(10-13)25(27)28)29-15-6-7-16(21)17(22)11-15/h5-8,10-11,14H,2-4,9,12H2,1H3,(H,23,26). The average Bonchev–Trinajstić information content (AvgIpc) is 3.16. The Morgan fingerprint density at radius 2 is 2.07 bits per heavy atom. The molecule has 0 aromatic heterocycles. The number of halogens is 2. The first-order chi connectivity index (χ1) is 13.9. The fourth-order valence-corrected chi connectivity index (χ4v) is 4.34. The molecule has 2 aromatic carbocycles. The van der Waals surface area contributed by atoms with Crippen LogP contribution in [0.25, 0.3) is 0 Å². The number of hydrogen-bond acceptors (Lipinski definition) is 5. The number of amides is 1. The second kappa shape index (κ2) is 9.32. The Kier molecular flexibility index (Phi) is 6.81. The zero-order chi connectivity index (χ0) is 21.0. The number of nitro groups is 1. The van der Waals surface area contributed by atoms with Crippen molar-refractivity contribution in [1.29, 1.82) is 0 Å². The van der Waals surface area contributed by atoms with Crippen LogP contribution in [0.3, 0.4) is 0 Å². The maximum atomic E-state index is 13.4. The number of benzene rings is 2. The first-order valence-corrected chi connectivity index (χ1v) is 10.1. The topological polar surface area (TPSA) is 75.5 Å². The third kappa shape index (κ3) is 5.10. The van der Waals surface area contributed by atoms with E-state index in [2.05, 4.69) is 17.1 Å². The van der Waals surface area contributed by atoms with E-state index in [1.165, 1.54) is 24.3 Å². The van der Waals surface area contributed by atoms with Crippen LogP contribution in [-0.2, 0) is 0 Å². The van der Waals surface area contributed by atoms with Crippen molar-refractivity contribution in [3.8, 4) is 0 Å². The highest BCUT2D eigenvalue weighted by molar-refractivity contribution is 7.99. The molecule has 0 spiro atoms. The number of likely N-dealkylation sites (N-methyl/N-ethyl adjacent to an activating group) is 1. The zero-order valence-electron chi connectivity index (χ0n) is 15.9. The van der Waals surface area contributed by atoms with Gasteiger partial charge < -0.3 is 5.32 Å². The molecule has 29 heavy (non-hydrogen) atoms. The van der Waals surface area contributed by atoms with Crippen LogP contribution in [0.1, 0.15) is 30.1 Å². The van der Waals surface area contributed by atoms with Gasteiger partial charge in [0.05, 0.1) is 9.82 Å². The molecule has 9 heteroatoms. The van der Waals surface area contributed by atoms with Crippen LogP contribution in [0.4, 0.5) is 14.5 Å². The van der Waals surface area contributed by atoms with Crippen LogP contribution in [0.15, 0.2) is 46.2 Å². The largest absolute Gasteiger partial charge is 0.350 e. The van der Waals surface area contributed by atoms with Crippen molar-refractivity contribution >= 4 is 23.4 Å². The molecule has 0 bridgehead atoms. The quantitative estimate of drug-likeness (QED) is 0.535. The van der Waals surface area contributed by atoms with E-state index >= 15 is 0 Å². The lowest BCUT2D eigenvalue weighted by molar-refractivity contribution is -0.387. The molecule has 1 amide bonds. The van der Waals surface area contributed by atoms with E-state index in [4.69, 9.17) is 0 Å². The molecule has 154 valence electrons. The molecule has 1 atom stereocenters. The van der Waals surface area contributed by atoms with Gasteiger partial charge >= 0.3 is 0 Å². The molecule has 1 saturated heterocycles. The van der Waals surface area contributed by atoms with Gasteiger partial charge in [-0.25, -0.2) is 8.78 Å². The van der Waals surface area contributed by atoms with Crippen LogP contribution in [0.2, 0.25) is 0 Å². The molecule has 3 rings (SSSR count). The van der Waals surface area contributed by atoms with Crippen molar-refractivity contribution < 1.29 is 18.5 Å². The molecule has 0 radical (unpaired) electrons. The van der Waals surface area contributed by atoms with E-state index in [-0.39, 0.29) is 28.1 Å². The highest BCUT2D eigenvalue weighted by Gasteiger charge is 2.24. The smallest absolute Gasteiger partial charge is 0.284 e. The summed E-state index contributed by atoms with van der Waals surface area (Å²) in [6, 6.07) is 7.73. The molecule has 1 fully saturated rings.